The molecule has 2 rings (SSSR count). The SMILES string of the molecule is CCC1CCC(CN)(C(O)c2ccc(Cl)cc2F)CC1. The fourth-order valence-corrected chi connectivity index (χ4v) is 3.46. The summed E-state index contributed by atoms with van der Waals surface area (Å²) < 4.78 is 14.0. The average Bonchev–Trinajstić information content (AvgIpc) is 2.46. The second kappa shape index (κ2) is 6.42. The lowest BCUT2D eigenvalue weighted by Gasteiger charge is -2.43. The molecule has 0 spiro atoms. The Hall–Kier alpha value is -0.640. The van der Waals surface area contributed by atoms with Gasteiger partial charge in [0.15, 0.2) is 0 Å². The first kappa shape index (κ1) is 15.7. The topological polar surface area (TPSA) is 46.2 Å². The van der Waals surface area contributed by atoms with E-state index in [1.807, 2.05) is 0 Å². The largest absolute Gasteiger partial charge is 0.388 e. The van der Waals surface area contributed by atoms with Crippen LogP contribution in [0.2, 0.25) is 5.02 Å². The number of hydrogen-bond acceptors (Lipinski definition) is 2. The molecule has 4 heteroatoms. The van der Waals surface area contributed by atoms with Gasteiger partial charge in [-0.15, -0.1) is 0 Å². The highest BCUT2D eigenvalue weighted by molar-refractivity contribution is 6.30. The maximum atomic E-state index is 14.0. The number of hydrogen-bond donors (Lipinski definition) is 2. The van der Waals surface area contributed by atoms with Crippen LogP contribution in [-0.2, 0) is 0 Å². The summed E-state index contributed by atoms with van der Waals surface area (Å²) in [7, 11) is 0. The number of benzene rings is 1. The molecule has 0 saturated heterocycles. The van der Waals surface area contributed by atoms with Crippen LogP contribution in [0.25, 0.3) is 0 Å². The maximum Gasteiger partial charge on any atom is 0.130 e. The third-order valence-electron chi connectivity index (χ3n) is 4.92. The van der Waals surface area contributed by atoms with E-state index in [9.17, 15) is 9.50 Å². The monoisotopic (exact) mass is 299 g/mol. The van der Waals surface area contributed by atoms with Crippen molar-refractivity contribution in [3.8, 4) is 0 Å². The Labute approximate surface area is 125 Å². The van der Waals surface area contributed by atoms with Gasteiger partial charge in [0.05, 0.1) is 6.10 Å². The van der Waals surface area contributed by atoms with Gasteiger partial charge >= 0.3 is 0 Å². The van der Waals surface area contributed by atoms with E-state index in [-0.39, 0.29) is 0 Å². The Morgan fingerprint density at radius 3 is 2.60 bits per heavy atom. The van der Waals surface area contributed by atoms with Crippen LogP contribution >= 0.6 is 11.6 Å². The van der Waals surface area contributed by atoms with Crippen molar-refractivity contribution in [2.75, 3.05) is 6.54 Å². The number of halogens is 2. The second-order valence-corrected chi connectivity index (χ2v) is 6.42. The van der Waals surface area contributed by atoms with Crippen molar-refractivity contribution in [1.82, 2.24) is 0 Å². The van der Waals surface area contributed by atoms with Crippen LogP contribution in [0.4, 0.5) is 4.39 Å². The maximum absolute atomic E-state index is 14.0. The highest BCUT2D eigenvalue weighted by atomic mass is 35.5. The minimum atomic E-state index is -0.859. The van der Waals surface area contributed by atoms with Crippen LogP contribution < -0.4 is 5.73 Å². The Kier molecular flexibility index (Phi) is 5.05. The van der Waals surface area contributed by atoms with Crippen molar-refractivity contribution in [2.24, 2.45) is 17.1 Å². The van der Waals surface area contributed by atoms with E-state index in [4.69, 9.17) is 17.3 Å². The highest BCUT2D eigenvalue weighted by Crippen LogP contribution is 2.48. The molecule has 0 aliphatic heterocycles. The van der Waals surface area contributed by atoms with Crippen molar-refractivity contribution in [3.63, 3.8) is 0 Å². The molecule has 1 unspecified atom stereocenters. The molecule has 0 amide bonds. The molecule has 1 aliphatic carbocycles. The van der Waals surface area contributed by atoms with E-state index >= 15 is 0 Å². The molecule has 1 fully saturated rings. The fraction of sp³-hybridized carbons (Fsp3) is 0.625. The first-order valence-corrected chi connectivity index (χ1v) is 7.73. The molecule has 1 aromatic carbocycles. The van der Waals surface area contributed by atoms with Gasteiger partial charge in [-0.25, -0.2) is 4.39 Å². The quantitative estimate of drug-likeness (QED) is 0.881. The van der Waals surface area contributed by atoms with Gasteiger partial charge in [-0.2, -0.15) is 0 Å². The van der Waals surface area contributed by atoms with Crippen LogP contribution in [0.3, 0.4) is 0 Å². The molecule has 1 atom stereocenters. The predicted molar refractivity (Wildman–Crippen MR) is 80.1 cm³/mol. The zero-order valence-electron chi connectivity index (χ0n) is 11.9. The first-order valence-electron chi connectivity index (χ1n) is 7.35. The van der Waals surface area contributed by atoms with Gasteiger partial charge in [0.25, 0.3) is 0 Å². The van der Waals surface area contributed by atoms with E-state index in [1.165, 1.54) is 6.07 Å². The molecular weight excluding hydrogens is 277 g/mol. The molecular formula is C16H23ClFNO. The van der Waals surface area contributed by atoms with Crippen LogP contribution in [0.1, 0.15) is 50.7 Å². The van der Waals surface area contributed by atoms with Crippen LogP contribution in [0.15, 0.2) is 18.2 Å². The molecule has 1 saturated carbocycles. The summed E-state index contributed by atoms with van der Waals surface area (Å²) in [5.41, 5.74) is 5.85. The summed E-state index contributed by atoms with van der Waals surface area (Å²) in [4.78, 5) is 0. The molecule has 112 valence electrons. The molecule has 0 bridgehead atoms. The Bertz CT molecular complexity index is 458. The molecule has 20 heavy (non-hydrogen) atoms. The highest BCUT2D eigenvalue weighted by Gasteiger charge is 2.41. The summed E-state index contributed by atoms with van der Waals surface area (Å²) >= 11 is 5.77. The molecule has 3 N–H and O–H groups in total. The molecule has 1 aliphatic rings. The summed E-state index contributed by atoms with van der Waals surface area (Å²) in [6, 6.07) is 4.44. The lowest BCUT2D eigenvalue weighted by molar-refractivity contribution is -0.0123. The molecule has 0 heterocycles. The molecule has 0 radical (unpaired) electrons. The number of nitrogens with two attached hydrogens (primary N) is 1. The third-order valence-corrected chi connectivity index (χ3v) is 5.16. The Balaban J connectivity index is 2.23. The second-order valence-electron chi connectivity index (χ2n) is 5.99. The van der Waals surface area contributed by atoms with Gasteiger partial charge < -0.3 is 10.8 Å². The van der Waals surface area contributed by atoms with E-state index in [0.29, 0.717) is 23.0 Å². The summed E-state index contributed by atoms with van der Waals surface area (Å²) in [6.45, 7) is 2.57. The normalized spacial score (nSPS) is 28.4. The van der Waals surface area contributed by atoms with Gasteiger partial charge in [-0.1, -0.05) is 31.0 Å². The third kappa shape index (κ3) is 3.00. The van der Waals surface area contributed by atoms with Gasteiger partial charge in [0, 0.05) is 22.5 Å². The van der Waals surface area contributed by atoms with E-state index in [1.54, 1.807) is 12.1 Å². The van der Waals surface area contributed by atoms with Crippen molar-refractivity contribution in [2.45, 2.75) is 45.1 Å². The number of aliphatic hydroxyl groups excluding tert-OH is 1. The Morgan fingerprint density at radius 2 is 2.10 bits per heavy atom. The van der Waals surface area contributed by atoms with Crippen molar-refractivity contribution >= 4 is 11.6 Å². The molecule has 1 aromatic rings. The molecule has 0 aromatic heterocycles. The average molecular weight is 300 g/mol. The first-order chi connectivity index (χ1) is 9.52. The zero-order chi connectivity index (χ0) is 14.8. The number of aliphatic hydroxyl groups is 1. The fourth-order valence-electron chi connectivity index (χ4n) is 3.30. The smallest absolute Gasteiger partial charge is 0.130 e. The van der Waals surface area contributed by atoms with Crippen LogP contribution in [0.5, 0.6) is 0 Å². The van der Waals surface area contributed by atoms with Crippen molar-refractivity contribution in [1.29, 1.82) is 0 Å². The number of rotatable bonds is 4. The Morgan fingerprint density at radius 1 is 1.45 bits per heavy atom. The predicted octanol–water partition coefficient (Wildman–Crippen LogP) is 4.06. The van der Waals surface area contributed by atoms with Crippen LogP contribution in [0, 0.1) is 17.2 Å². The lowest BCUT2D eigenvalue weighted by atomic mass is 9.65. The zero-order valence-corrected chi connectivity index (χ0v) is 12.7. The summed E-state index contributed by atoms with van der Waals surface area (Å²) in [5.74, 6) is 0.257. The minimum absolute atomic E-state index is 0.315. The van der Waals surface area contributed by atoms with Crippen molar-refractivity contribution in [3.05, 3.63) is 34.6 Å². The van der Waals surface area contributed by atoms with Crippen LogP contribution in [-0.4, -0.2) is 11.7 Å². The van der Waals surface area contributed by atoms with E-state index in [0.717, 1.165) is 32.1 Å². The van der Waals surface area contributed by atoms with Gasteiger partial charge in [-0.3, -0.25) is 0 Å². The lowest BCUT2D eigenvalue weighted by Crippen LogP contribution is -2.40. The summed E-state index contributed by atoms with van der Waals surface area (Å²) in [5, 5.41) is 11.0. The van der Waals surface area contributed by atoms with Gasteiger partial charge in [-0.05, 0) is 43.7 Å². The summed E-state index contributed by atoms with van der Waals surface area (Å²) in [6.07, 6.45) is 4.12. The standard InChI is InChI=1S/C16H23ClFNO/c1-2-11-5-7-16(10-19,8-6-11)15(20)13-4-3-12(17)9-14(13)18/h3-4,9,11,15,20H,2,5-8,10,19H2,1H3. The van der Waals surface area contributed by atoms with E-state index in [2.05, 4.69) is 6.92 Å². The molecule has 2 nitrogen and oxygen atoms in total. The van der Waals surface area contributed by atoms with Gasteiger partial charge in [0.2, 0.25) is 0 Å². The minimum Gasteiger partial charge on any atom is -0.388 e. The van der Waals surface area contributed by atoms with Crippen molar-refractivity contribution < 1.29 is 9.50 Å². The van der Waals surface area contributed by atoms with Gasteiger partial charge in [0.1, 0.15) is 5.82 Å². The van der Waals surface area contributed by atoms with E-state index < -0.39 is 17.3 Å².